The van der Waals surface area contributed by atoms with E-state index in [1.54, 1.807) is 0 Å². The highest BCUT2D eigenvalue weighted by Crippen LogP contribution is 2.28. The molecule has 1 nitrogen and oxygen atoms in total. The summed E-state index contributed by atoms with van der Waals surface area (Å²) < 4.78 is 0. The summed E-state index contributed by atoms with van der Waals surface area (Å²) in [5.41, 5.74) is 4.18. The Balaban J connectivity index is 1.84. The fourth-order valence-electron chi connectivity index (χ4n) is 2.30. The molecule has 2 aromatic rings. The third-order valence-corrected chi connectivity index (χ3v) is 3.14. The molecule has 79 valence electrons. The Bertz CT molecular complexity index is 476. The molecule has 3 rings (SSSR count). The van der Waals surface area contributed by atoms with Gasteiger partial charge in [-0.2, -0.15) is 0 Å². The van der Waals surface area contributed by atoms with Crippen LogP contribution in [0.3, 0.4) is 0 Å². The summed E-state index contributed by atoms with van der Waals surface area (Å²) in [6, 6.07) is 20.1. The molecule has 1 heteroatoms. The summed E-state index contributed by atoms with van der Waals surface area (Å²) in [7, 11) is 0. The molecule has 0 bridgehead atoms. The Morgan fingerprint density at radius 2 is 2.00 bits per heavy atom. The first kappa shape index (κ1) is 9.46. The van der Waals surface area contributed by atoms with Crippen LogP contribution in [-0.2, 0) is 13.0 Å². The molecule has 16 heavy (non-hydrogen) atoms. The van der Waals surface area contributed by atoms with Crippen molar-refractivity contribution in [1.29, 1.82) is 0 Å². The van der Waals surface area contributed by atoms with Gasteiger partial charge in [0.05, 0.1) is 0 Å². The van der Waals surface area contributed by atoms with Gasteiger partial charge < -0.3 is 4.90 Å². The van der Waals surface area contributed by atoms with E-state index in [0.29, 0.717) is 0 Å². The summed E-state index contributed by atoms with van der Waals surface area (Å²) in [4.78, 5) is 2.43. The third-order valence-electron chi connectivity index (χ3n) is 3.14. The maximum Gasteiger partial charge on any atom is 0.0429 e. The predicted molar refractivity (Wildman–Crippen MR) is 66.5 cm³/mol. The van der Waals surface area contributed by atoms with Crippen LogP contribution >= 0.6 is 0 Å². The zero-order valence-electron chi connectivity index (χ0n) is 9.19. The van der Waals surface area contributed by atoms with E-state index in [9.17, 15) is 0 Å². The number of rotatable bonds is 2. The van der Waals surface area contributed by atoms with Crippen LogP contribution in [0.4, 0.5) is 5.69 Å². The maximum atomic E-state index is 3.17. The Kier molecular flexibility index (Phi) is 2.37. The molecule has 0 atom stereocenters. The number of hydrogen-bond acceptors (Lipinski definition) is 1. The summed E-state index contributed by atoms with van der Waals surface area (Å²) in [6.45, 7) is 2.13. The minimum absolute atomic E-state index is 1.01. The molecule has 2 aromatic carbocycles. The van der Waals surface area contributed by atoms with Crippen LogP contribution in [0.2, 0.25) is 0 Å². The Hall–Kier alpha value is -1.76. The average Bonchev–Trinajstić information content (AvgIpc) is 2.74. The molecule has 1 aliphatic heterocycles. The van der Waals surface area contributed by atoms with Gasteiger partial charge in [-0.15, -0.1) is 0 Å². The first-order valence-corrected chi connectivity index (χ1v) is 5.71. The van der Waals surface area contributed by atoms with Crippen LogP contribution in [0.25, 0.3) is 0 Å². The van der Waals surface area contributed by atoms with E-state index in [4.69, 9.17) is 0 Å². The second kappa shape index (κ2) is 4.01. The molecule has 0 amide bonds. The fourth-order valence-corrected chi connectivity index (χ4v) is 2.30. The molecule has 0 fully saturated rings. The lowest BCUT2D eigenvalue weighted by molar-refractivity contribution is 0.836. The molecule has 1 aliphatic rings. The van der Waals surface area contributed by atoms with Crippen LogP contribution in [0, 0.1) is 6.07 Å². The van der Waals surface area contributed by atoms with Gasteiger partial charge in [0.1, 0.15) is 0 Å². The van der Waals surface area contributed by atoms with Crippen molar-refractivity contribution in [3.63, 3.8) is 0 Å². The van der Waals surface area contributed by atoms with Crippen LogP contribution in [-0.4, -0.2) is 6.54 Å². The van der Waals surface area contributed by atoms with E-state index in [0.717, 1.165) is 19.5 Å². The highest BCUT2D eigenvalue weighted by atomic mass is 15.1. The van der Waals surface area contributed by atoms with Crippen molar-refractivity contribution in [2.24, 2.45) is 0 Å². The minimum Gasteiger partial charge on any atom is -0.367 e. The summed E-state index contributed by atoms with van der Waals surface area (Å²) in [5.74, 6) is 0. The van der Waals surface area contributed by atoms with E-state index in [-0.39, 0.29) is 0 Å². The van der Waals surface area contributed by atoms with Gasteiger partial charge in [0.25, 0.3) is 0 Å². The molecule has 0 saturated carbocycles. The van der Waals surface area contributed by atoms with Gasteiger partial charge in [-0.05, 0) is 29.7 Å². The van der Waals surface area contributed by atoms with E-state index >= 15 is 0 Å². The van der Waals surface area contributed by atoms with Crippen molar-refractivity contribution < 1.29 is 0 Å². The first-order chi connectivity index (χ1) is 7.93. The second-order valence-electron chi connectivity index (χ2n) is 4.21. The zero-order chi connectivity index (χ0) is 10.8. The SMILES string of the molecule is [c]1ccc2c(c1)N(Cc1ccccc1)CC2. The summed E-state index contributed by atoms with van der Waals surface area (Å²) in [5, 5.41) is 0. The lowest BCUT2D eigenvalue weighted by atomic mass is 10.2. The minimum atomic E-state index is 1.01. The topological polar surface area (TPSA) is 3.24 Å². The van der Waals surface area contributed by atoms with Crippen molar-refractivity contribution in [1.82, 2.24) is 0 Å². The van der Waals surface area contributed by atoms with Crippen molar-refractivity contribution in [3.05, 3.63) is 65.7 Å². The third kappa shape index (κ3) is 1.69. The fraction of sp³-hybridized carbons (Fsp3) is 0.200. The number of fused-ring (bicyclic) bond motifs is 1. The van der Waals surface area contributed by atoms with Gasteiger partial charge >= 0.3 is 0 Å². The number of benzene rings is 2. The molecule has 0 unspecified atom stereocenters. The Morgan fingerprint density at radius 3 is 2.88 bits per heavy atom. The van der Waals surface area contributed by atoms with Gasteiger partial charge in [-0.3, -0.25) is 0 Å². The van der Waals surface area contributed by atoms with E-state index in [1.807, 2.05) is 6.07 Å². The smallest absolute Gasteiger partial charge is 0.0429 e. The molecular weight excluding hydrogens is 194 g/mol. The Labute approximate surface area is 96.3 Å². The van der Waals surface area contributed by atoms with E-state index in [1.165, 1.54) is 16.8 Å². The van der Waals surface area contributed by atoms with Gasteiger partial charge in [-0.1, -0.05) is 42.5 Å². The van der Waals surface area contributed by atoms with Crippen molar-refractivity contribution in [3.8, 4) is 0 Å². The molecule has 0 saturated heterocycles. The molecule has 0 aromatic heterocycles. The van der Waals surface area contributed by atoms with Gasteiger partial charge in [0.15, 0.2) is 0 Å². The molecule has 0 N–H and O–H groups in total. The van der Waals surface area contributed by atoms with Crippen LogP contribution in [0.15, 0.2) is 48.5 Å². The van der Waals surface area contributed by atoms with Crippen molar-refractivity contribution in [2.75, 3.05) is 11.4 Å². The van der Waals surface area contributed by atoms with Gasteiger partial charge in [-0.25, -0.2) is 0 Å². The molecule has 1 radical (unpaired) electrons. The monoisotopic (exact) mass is 208 g/mol. The van der Waals surface area contributed by atoms with Gasteiger partial charge in [0, 0.05) is 18.8 Å². The lowest BCUT2D eigenvalue weighted by Crippen LogP contribution is -2.19. The van der Waals surface area contributed by atoms with Crippen molar-refractivity contribution in [2.45, 2.75) is 13.0 Å². The number of hydrogen-bond donors (Lipinski definition) is 0. The van der Waals surface area contributed by atoms with Crippen LogP contribution in [0.1, 0.15) is 11.1 Å². The second-order valence-corrected chi connectivity index (χ2v) is 4.21. The summed E-state index contributed by atoms with van der Waals surface area (Å²) >= 11 is 0. The summed E-state index contributed by atoms with van der Waals surface area (Å²) in [6.07, 6.45) is 1.16. The quantitative estimate of drug-likeness (QED) is 0.733. The largest absolute Gasteiger partial charge is 0.367 e. The van der Waals surface area contributed by atoms with E-state index in [2.05, 4.69) is 53.4 Å². The maximum absolute atomic E-state index is 3.17. The average molecular weight is 208 g/mol. The molecule has 1 heterocycles. The normalized spacial score (nSPS) is 13.9. The Morgan fingerprint density at radius 1 is 1.12 bits per heavy atom. The highest BCUT2D eigenvalue weighted by Gasteiger charge is 2.17. The van der Waals surface area contributed by atoms with Crippen LogP contribution < -0.4 is 4.90 Å². The number of anilines is 1. The van der Waals surface area contributed by atoms with E-state index < -0.39 is 0 Å². The van der Waals surface area contributed by atoms with Gasteiger partial charge in [0.2, 0.25) is 0 Å². The predicted octanol–water partition coefficient (Wildman–Crippen LogP) is 3.05. The number of nitrogens with zero attached hydrogens (tertiary/aromatic N) is 1. The molecule has 0 aliphatic carbocycles. The standard InChI is InChI=1S/C15H14N/c1-2-6-13(7-3-1)12-16-11-10-14-8-4-5-9-15(14)16/h1-4,6-9H,10-12H2. The molecular formula is C15H14N. The lowest BCUT2D eigenvalue weighted by Gasteiger charge is -2.19. The highest BCUT2D eigenvalue weighted by molar-refractivity contribution is 5.57. The van der Waals surface area contributed by atoms with Crippen LogP contribution in [0.5, 0.6) is 0 Å². The van der Waals surface area contributed by atoms with Crippen molar-refractivity contribution >= 4 is 5.69 Å². The molecule has 0 spiro atoms. The first-order valence-electron chi connectivity index (χ1n) is 5.71. The zero-order valence-corrected chi connectivity index (χ0v) is 9.19.